The first-order valence-corrected chi connectivity index (χ1v) is 12.7. The molecule has 196 valence electrons. The lowest BCUT2D eigenvalue weighted by molar-refractivity contribution is -0.132. The maximum absolute atomic E-state index is 13.4. The third-order valence-corrected chi connectivity index (χ3v) is 6.86. The number of aromatic hydroxyl groups is 1. The van der Waals surface area contributed by atoms with Crippen LogP contribution in [0, 0.1) is 6.92 Å². The number of Topliss-reactive ketones (excluding diaryl/α,β-unsaturated/α-hetero) is 1. The molecule has 1 amide bonds. The third kappa shape index (κ3) is 5.16. The highest BCUT2D eigenvalue weighted by molar-refractivity contribution is 7.17. The summed E-state index contributed by atoms with van der Waals surface area (Å²) in [5.41, 5.74) is 0.784. The van der Waals surface area contributed by atoms with Crippen molar-refractivity contribution in [3.8, 4) is 11.5 Å². The first-order chi connectivity index (χ1) is 18.3. The van der Waals surface area contributed by atoms with Crippen molar-refractivity contribution in [2.45, 2.75) is 26.3 Å². The molecule has 2 heterocycles. The Balaban J connectivity index is 1.86. The van der Waals surface area contributed by atoms with E-state index in [0.717, 1.165) is 22.7 Å². The van der Waals surface area contributed by atoms with Gasteiger partial charge in [0.1, 0.15) is 28.7 Å². The van der Waals surface area contributed by atoms with Crippen molar-refractivity contribution in [3.63, 3.8) is 0 Å². The summed E-state index contributed by atoms with van der Waals surface area (Å²) in [6, 6.07) is 11.5. The summed E-state index contributed by atoms with van der Waals surface area (Å²) in [7, 11) is 0. The van der Waals surface area contributed by atoms with E-state index in [1.54, 1.807) is 43.3 Å². The number of hydrogen-bond acceptors (Lipinski definition) is 9. The van der Waals surface area contributed by atoms with E-state index < -0.39 is 29.5 Å². The van der Waals surface area contributed by atoms with Gasteiger partial charge in [0.2, 0.25) is 0 Å². The minimum absolute atomic E-state index is 0.000344. The molecule has 1 fully saturated rings. The number of esters is 1. The molecule has 1 aliphatic rings. The van der Waals surface area contributed by atoms with E-state index >= 15 is 0 Å². The predicted molar refractivity (Wildman–Crippen MR) is 142 cm³/mol. The summed E-state index contributed by atoms with van der Waals surface area (Å²) in [6.07, 6.45) is 2.22. The van der Waals surface area contributed by atoms with Crippen LogP contribution in [0.5, 0.6) is 11.5 Å². The summed E-state index contributed by atoms with van der Waals surface area (Å²) in [5, 5.41) is 21.6. The quantitative estimate of drug-likeness (QED) is 0.130. The van der Waals surface area contributed by atoms with Gasteiger partial charge in [-0.25, -0.2) is 9.78 Å². The molecule has 2 aromatic carbocycles. The van der Waals surface area contributed by atoms with Crippen molar-refractivity contribution in [2.75, 3.05) is 18.1 Å². The Hall–Kier alpha value is -4.44. The number of aryl methyl sites for hydroxylation is 1. The van der Waals surface area contributed by atoms with Crippen LogP contribution in [-0.2, 0) is 14.3 Å². The maximum atomic E-state index is 13.4. The summed E-state index contributed by atoms with van der Waals surface area (Å²) < 4.78 is 10.8. The van der Waals surface area contributed by atoms with Crippen LogP contribution in [0.3, 0.4) is 0 Å². The number of aliphatic hydroxyl groups excluding tert-OH is 1. The number of thiazole rings is 1. The Morgan fingerprint density at radius 3 is 2.68 bits per heavy atom. The van der Waals surface area contributed by atoms with Gasteiger partial charge in [-0.2, -0.15) is 0 Å². The molecule has 9 nitrogen and oxygen atoms in total. The first-order valence-electron chi connectivity index (χ1n) is 11.8. The van der Waals surface area contributed by atoms with Crippen molar-refractivity contribution >= 4 is 39.9 Å². The molecule has 1 atom stereocenters. The Bertz CT molecular complexity index is 1440. The Kier molecular flexibility index (Phi) is 7.92. The lowest BCUT2D eigenvalue weighted by atomic mass is 9.95. The highest BCUT2D eigenvalue weighted by Gasteiger charge is 2.48. The molecule has 0 bridgehead atoms. The molecule has 2 N–H and O–H groups in total. The Morgan fingerprint density at radius 2 is 1.97 bits per heavy atom. The van der Waals surface area contributed by atoms with Gasteiger partial charge in [0.05, 0.1) is 23.9 Å². The lowest BCUT2D eigenvalue weighted by Crippen LogP contribution is -2.29. The molecular weight excluding hydrogens is 508 g/mol. The minimum atomic E-state index is -1.12. The zero-order valence-corrected chi connectivity index (χ0v) is 21.7. The van der Waals surface area contributed by atoms with Gasteiger partial charge in [-0.3, -0.25) is 14.5 Å². The van der Waals surface area contributed by atoms with Crippen LogP contribution in [0.1, 0.15) is 45.9 Å². The molecule has 1 aromatic heterocycles. The van der Waals surface area contributed by atoms with E-state index in [1.807, 2.05) is 6.92 Å². The van der Waals surface area contributed by atoms with E-state index in [4.69, 9.17) is 9.47 Å². The Morgan fingerprint density at radius 1 is 1.21 bits per heavy atom. The average Bonchev–Trinajstić information content (AvgIpc) is 3.42. The molecule has 1 aliphatic heterocycles. The number of carbonyl (C=O) groups excluding carboxylic acids is 3. The van der Waals surface area contributed by atoms with Crippen molar-refractivity contribution in [1.29, 1.82) is 0 Å². The predicted octanol–water partition coefficient (Wildman–Crippen LogP) is 4.92. The molecular formula is C28H26N2O7S. The number of anilines is 1. The normalized spacial score (nSPS) is 16.5. The van der Waals surface area contributed by atoms with Crippen LogP contribution in [0.4, 0.5) is 5.13 Å². The van der Waals surface area contributed by atoms with Gasteiger partial charge in [0.25, 0.3) is 5.78 Å². The minimum Gasteiger partial charge on any atom is -0.508 e. The van der Waals surface area contributed by atoms with Gasteiger partial charge in [-0.15, -0.1) is 0 Å². The standard InChI is InChI=1S/C28H26N2O7S/c1-4-12-36-20-11-7-9-18(15-20)23(32)21-22(17-8-6-10-19(31)14-17)30(26(34)24(21)33)28-29-16(3)25(38-28)27(35)37-13-5-2/h5-11,14-15,22,31-32H,2,4,12-13H2,1,3H3. The number of amides is 1. The number of ketones is 1. The number of rotatable bonds is 9. The molecule has 0 radical (unpaired) electrons. The number of hydrogen-bond donors (Lipinski definition) is 2. The fourth-order valence-corrected chi connectivity index (χ4v) is 5.01. The second-order valence-corrected chi connectivity index (χ2v) is 9.42. The zero-order valence-electron chi connectivity index (χ0n) is 20.8. The van der Waals surface area contributed by atoms with Crippen LogP contribution in [-0.4, -0.2) is 46.1 Å². The van der Waals surface area contributed by atoms with Crippen LogP contribution in [0.2, 0.25) is 0 Å². The summed E-state index contributed by atoms with van der Waals surface area (Å²) >= 11 is 0.891. The molecule has 4 rings (SSSR count). The molecule has 10 heteroatoms. The van der Waals surface area contributed by atoms with Gasteiger partial charge >= 0.3 is 11.9 Å². The van der Waals surface area contributed by atoms with E-state index in [-0.39, 0.29) is 33.5 Å². The monoisotopic (exact) mass is 534 g/mol. The number of aliphatic hydroxyl groups is 1. The van der Waals surface area contributed by atoms with Crippen molar-refractivity contribution in [3.05, 3.63) is 88.5 Å². The van der Waals surface area contributed by atoms with E-state index in [0.29, 0.717) is 23.6 Å². The molecule has 1 unspecified atom stereocenters. The molecule has 0 saturated carbocycles. The number of ether oxygens (including phenoxy) is 2. The molecule has 38 heavy (non-hydrogen) atoms. The van der Waals surface area contributed by atoms with E-state index in [9.17, 15) is 24.6 Å². The first kappa shape index (κ1) is 26.6. The number of carbonyl (C=O) groups is 3. The van der Waals surface area contributed by atoms with Gasteiger partial charge in [-0.05, 0) is 43.2 Å². The third-order valence-electron chi connectivity index (χ3n) is 5.72. The molecule has 1 saturated heterocycles. The summed E-state index contributed by atoms with van der Waals surface area (Å²) in [6.45, 7) is 7.54. The van der Waals surface area contributed by atoms with Gasteiger partial charge in [-0.1, -0.05) is 55.2 Å². The Labute approximate surface area is 223 Å². The van der Waals surface area contributed by atoms with Gasteiger partial charge in [0, 0.05) is 5.56 Å². The SMILES string of the molecule is C=CCOC(=O)c1sc(N2C(=O)C(=O)C(=C(O)c3cccc(OCCC)c3)C2c2cccc(O)c2)nc1C. The van der Waals surface area contributed by atoms with E-state index in [2.05, 4.69) is 11.6 Å². The second kappa shape index (κ2) is 11.3. The van der Waals surface area contributed by atoms with Gasteiger partial charge < -0.3 is 19.7 Å². The van der Waals surface area contributed by atoms with Gasteiger partial charge in [0.15, 0.2) is 5.13 Å². The number of phenolic OH excluding ortho intramolecular Hbond substituents is 1. The lowest BCUT2D eigenvalue weighted by Gasteiger charge is -2.23. The topological polar surface area (TPSA) is 126 Å². The van der Waals surface area contributed by atoms with Crippen molar-refractivity contribution < 1.29 is 34.1 Å². The highest BCUT2D eigenvalue weighted by Crippen LogP contribution is 2.44. The van der Waals surface area contributed by atoms with E-state index in [1.165, 1.54) is 18.2 Å². The fourth-order valence-electron chi connectivity index (χ4n) is 4.02. The zero-order chi connectivity index (χ0) is 27.4. The van der Waals surface area contributed by atoms with Crippen LogP contribution in [0.25, 0.3) is 5.76 Å². The maximum Gasteiger partial charge on any atom is 0.350 e. The van der Waals surface area contributed by atoms with Crippen LogP contribution >= 0.6 is 11.3 Å². The smallest absolute Gasteiger partial charge is 0.350 e. The highest BCUT2D eigenvalue weighted by atomic mass is 32.1. The number of nitrogens with zero attached hydrogens (tertiary/aromatic N) is 2. The van der Waals surface area contributed by atoms with Crippen LogP contribution in [0.15, 0.2) is 66.8 Å². The molecule has 0 spiro atoms. The largest absolute Gasteiger partial charge is 0.508 e. The second-order valence-electron chi connectivity index (χ2n) is 8.44. The van der Waals surface area contributed by atoms with Crippen molar-refractivity contribution in [2.24, 2.45) is 0 Å². The number of benzene rings is 2. The summed E-state index contributed by atoms with van der Waals surface area (Å²) in [5.74, 6) is -2.50. The molecule has 3 aromatic rings. The van der Waals surface area contributed by atoms with Crippen molar-refractivity contribution in [1.82, 2.24) is 4.98 Å². The average molecular weight is 535 g/mol. The van der Waals surface area contributed by atoms with Crippen LogP contribution < -0.4 is 9.64 Å². The molecule has 0 aliphatic carbocycles. The number of phenols is 1. The summed E-state index contributed by atoms with van der Waals surface area (Å²) in [4.78, 5) is 44.9. The number of aromatic nitrogens is 1. The fraction of sp³-hybridized carbons (Fsp3) is 0.214.